The molecular weight excluding hydrogens is 148 g/mol. The molecule has 1 aromatic heterocycles. The number of rotatable bonds is 1. The van der Waals surface area contributed by atoms with Crippen molar-refractivity contribution in [2.45, 2.75) is 20.8 Å². The van der Waals surface area contributed by atoms with E-state index < -0.39 is 0 Å². The Kier molecular flexibility index (Phi) is 2.48. The number of nitrogen functional groups attached to an aromatic ring is 1. The van der Waals surface area contributed by atoms with E-state index in [0.717, 1.165) is 11.1 Å². The fraction of sp³-hybridized carbons (Fsp3) is 0.300. The third kappa shape index (κ3) is 2.09. The van der Waals surface area contributed by atoms with Gasteiger partial charge in [0.25, 0.3) is 0 Å². The molecule has 0 saturated heterocycles. The molecule has 0 fully saturated rings. The molecule has 2 heteroatoms. The minimum atomic E-state index is 0.599. The lowest BCUT2D eigenvalue weighted by Crippen LogP contribution is -1.94. The van der Waals surface area contributed by atoms with E-state index in [0.29, 0.717) is 5.82 Å². The van der Waals surface area contributed by atoms with Crippen molar-refractivity contribution < 1.29 is 0 Å². The van der Waals surface area contributed by atoms with Crippen LogP contribution in [0.2, 0.25) is 0 Å². The second-order valence-electron chi connectivity index (χ2n) is 3.21. The summed E-state index contributed by atoms with van der Waals surface area (Å²) in [5, 5.41) is 0. The zero-order valence-corrected chi connectivity index (χ0v) is 7.76. The number of nitrogens with zero attached hydrogens (tertiary/aromatic N) is 1. The normalized spacial score (nSPS) is 9.58. The Labute approximate surface area is 73.1 Å². The van der Waals surface area contributed by atoms with Crippen molar-refractivity contribution >= 4 is 11.9 Å². The predicted octanol–water partition coefficient (Wildman–Crippen LogP) is 2.40. The van der Waals surface area contributed by atoms with Crippen molar-refractivity contribution in [2.24, 2.45) is 0 Å². The van der Waals surface area contributed by atoms with Gasteiger partial charge < -0.3 is 5.73 Å². The lowest BCUT2D eigenvalue weighted by Gasteiger charge is -2.00. The summed E-state index contributed by atoms with van der Waals surface area (Å²) >= 11 is 0. The molecule has 0 spiro atoms. The number of pyridine rings is 1. The van der Waals surface area contributed by atoms with E-state index >= 15 is 0 Å². The van der Waals surface area contributed by atoms with Crippen LogP contribution in [0.4, 0.5) is 5.82 Å². The third-order valence-electron chi connectivity index (χ3n) is 1.53. The van der Waals surface area contributed by atoms with E-state index in [-0.39, 0.29) is 0 Å². The number of anilines is 1. The van der Waals surface area contributed by atoms with Crippen molar-refractivity contribution in [1.29, 1.82) is 0 Å². The lowest BCUT2D eigenvalue weighted by atomic mass is 10.1. The quantitative estimate of drug-likeness (QED) is 0.688. The third-order valence-corrected chi connectivity index (χ3v) is 1.53. The van der Waals surface area contributed by atoms with Crippen LogP contribution in [-0.4, -0.2) is 4.98 Å². The molecule has 1 rings (SSSR count). The van der Waals surface area contributed by atoms with Gasteiger partial charge in [-0.15, -0.1) is 0 Å². The van der Waals surface area contributed by atoms with E-state index in [2.05, 4.69) is 4.98 Å². The predicted molar refractivity (Wildman–Crippen MR) is 52.7 cm³/mol. The number of hydrogen-bond acceptors (Lipinski definition) is 2. The summed E-state index contributed by atoms with van der Waals surface area (Å²) < 4.78 is 0. The van der Waals surface area contributed by atoms with Gasteiger partial charge >= 0.3 is 0 Å². The highest BCUT2D eigenvalue weighted by molar-refractivity contribution is 5.62. The van der Waals surface area contributed by atoms with Crippen LogP contribution in [0.5, 0.6) is 0 Å². The molecule has 12 heavy (non-hydrogen) atoms. The first-order chi connectivity index (χ1) is 5.59. The van der Waals surface area contributed by atoms with Crippen molar-refractivity contribution in [2.75, 3.05) is 5.73 Å². The van der Waals surface area contributed by atoms with Crippen LogP contribution in [0.3, 0.4) is 0 Å². The van der Waals surface area contributed by atoms with Gasteiger partial charge in [-0.2, -0.15) is 0 Å². The molecule has 2 N–H and O–H groups in total. The van der Waals surface area contributed by atoms with Gasteiger partial charge in [-0.1, -0.05) is 11.6 Å². The maximum absolute atomic E-state index is 5.68. The van der Waals surface area contributed by atoms with Crippen molar-refractivity contribution in [3.63, 3.8) is 0 Å². The minimum absolute atomic E-state index is 0.599. The molecule has 0 amide bonds. The first-order valence-electron chi connectivity index (χ1n) is 3.96. The maximum Gasteiger partial charge on any atom is 0.130 e. The Balaban J connectivity index is 3.14. The van der Waals surface area contributed by atoms with Crippen LogP contribution in [0.1, 0.15) is 25.0 Å². The van der Waals surface area contributed by atoms with E-state index in [9.17, 15) is 0 Å². The minimum Gasteiger partial charge on any atom is -0.383 e. The number of hydrogen-bond donors (Lipinski definition) is 1. The summed E-state index contributed by atoms with van der Waals surface area (Å²) in [4.78, 5) is 4.06. The van der Waals surface area contributed by atoms with Gasteiger partial charge in [-0.25, -0.2) is 4.98 Å². The molecule has 0 saturated carbocycles. The van der Waals surface area contributed by atoms with E-state index in [1.165, 1.54) is 5.57 Å². The molecule has 64 valence electrons. The number of aryl methyl sites for hydroxylation is 1. The van der Waals surface area contributed by atoms with Gasteiger partial charge in [-0.05, 0) is 32.4 Å². The molecule has 0 atom stereocenters. The molecule has 0 aliphatic rings. The van der Waals surface area contributed by atoms with Gasteiger partial charge in [0.05, 0.1) is 0 Å². The molecule has 0 aromatic carbocycles. The van der Waals surface area contributed by atoms with Gasteiger partial charge in [0, 0.05) is 11.8 Å². The molecule has 0 bridgehead atoms. The second kappa shape index (κ2) is 3.39. The van der Waals surface area contributed by atoms with Crippen LogP contribution in [-0.2, 0) is 0 Å². The molecule has 0 aliphatic heterocycles. The Morgan fingerprint density at radius 3 is 2.75 bits per heavy atom. The summed E-state index contributed by atoms with van der Waals surface area (Å²) in [7, 11) is 0. The second-order valence-corrected chi connectivity index (χ2v) is 3.21. The smallest absolute Gasteiger partial charge is 0.130 e. The lowest BCUT2D eigenvalue weighted by molar-refractivity contribution is 1.26. The SMILES string of the molecule is CC(C)=Cc1cc(C)cnc1N. The van der Waals surface area contributed by atoms with Gasteiger partial charge in [0.1, 0.15) is 5.82 Å². The van der Waals surface area contributed by atoms with E-state index in [1.807, 2.05) is 32.9 Å². The summed E-state index contributed by atoms with van der Waals surface area (Å²) in [5.41, 5.74) is 9.06. The van der Waals surface area contributed by atoms with Gasteiger partial charge in [0.15, 0.2) is 0 Å². The average molecular weight is 162 g/mol. The number of nitrogens with two attached hydrogens (primary N) is 1. The molecule has 1 heterocycles. The summed E-state index contributed by atoms with van der Waals surface area (Å²) in [6.07, 6.45) is 3.81. The monoisotopic (exact) mass is 162 g/mol. The molecule has 0 aliphatic carbocycles. The van der Waals surface area contributed by atoms with Gasteiger partial charge in [0.2, 0.25) is 0 Å². The fourth-order valence-corrected chi connectivity index (χ4v) is 1.03. The molecule has 1 aromatic rings. The van der Waals surface area contributed by atoms with E-state index in [1.54, 1.807) is 6.20 Å². The Bertz CT molecular complexity index is 310. The summed E-state index contributed by atoms with van der Waals surface area (Å²) in [5.74, 6) is 0.599. The van der Waals surface area contributed by atoms with Gasteiger partial charge in [-0.3, -0.25) is 0 Å². The van der Waals surface area contributed by atoms with Crippen LogP contribution in [0.15, 0.2) is 17.8 Å². The average Bonchev–Trinajstić information content (AvgIpc) is 1.96. The van der Waals surface area contributed by atoms with Crippen LogP contribution < -0.4 is 5.73 Å². The first kappa shape index (κ1) is 8.78. The Morgan fingerprint density at radius 2 is 2.17 bits per heavy atom. The summed E-state index contributed by atoms with van der Waals surface area (Å²) in [6.45, 7) is 6.10. The van der Waals surface area contributed by atoms with Crippen molar-refractivity contribution in [3.8, 4) is 0 Å². The highest BCUT2D eigenvalue weighted by Crippen LogP contribution is 2.13. The Morgan fingerprint density at radius 1 is 1.50 bits per heavy atom. The Hall–Kier alpha value is -1.31. The fourth-order valence-electron chi connectivity index (χ4n) is 1.03. The number of aromatic nitrogens is 1. The first-order valence-corrected chi connectivity index (χ1v) is 3.96. The van der Waals surface area contributed by atoms with Crippen LogP contribution in [0, 0.1) is 6.92 Å². The van der Waals surface area contributed by atoms with Crippen molar-refractivity contribution in [1.82, 2.24) is 4.98 Å². The highest BCUT2D eigenvalue weighted by atomic mass is 14.8. The zero-order valence-electron chi connectivity index (χ0n) is 7.76. The molecule has 0 unspecified atom stereocenters. The van der Waals surface area contributed by atoms with Crippen LogP contribution in [0.25, 0.3) is 6.08 Å². The largest absolute Gasteiger partial charge is 0.383 e. The maximum atomic E-state index is 5.68. The summed E-state index contributed by atoms with van der Waals surface area (Å²) in [6, 6.07) is 2.04. The molecular formula is C10H14N2. The number of allylic oxidation sites excluding steroid dienone is 1. The van der Waals surface area contributed by atoms with E-state index in [4.69, 9.17) is 5.73 Å². The highest BCUT2D eigenvalue weighted by Gasteiger charge is 1.96. The van der Waals surface area contributed by atoms with Crippen LogP contribution >= 0.6 is 0 Å². The standard InChI is InChI=1S/C10H14N2/c1-7(2)4-9-5-8(3)6-12-10(9)11/h4-6H,1-3H3,(H2,11,12). The topological polar surface area (TPSA) is 38.9 Å². The zero-order chi connectivity index (χ0) is 9.14. The molecule has 0 radical (unpaired) electrons. The van der Waals surface area contributed by atoms with Crippen molar-refractivity contribution in [3.05, 3.63) is 29.0 Å². The molecule has 2 nitrogen and oxygen atoms in total.